The van der Waals surface area contributed by atoms with E-state index in [1.807, 2.05) is 61.5 Å². The highest BCUT2D eigenvalue weighted by Gasteiger charge is 2.17. The number of rotatable bonds is 1. The summed E-state index contributed by atoms with van der Waals surface area (Å²) in [7, 11) is 0. The van der Waals surface area contributed by atoms with Gasteiger partial charge >= 0.3 is 5.82 Å². The van der Waals surface area contributed by atoms with Crippen molar-refractivity contribution >= 4 is 21.7 Å². The predicted molar refractivity (Wildman–Crippen MR) is 88.4 cm³/mol. The second kappa shape index (κ2) is 4.81. The molecule has 0 radical (unpaired) electrons. The molecule has 106 valence electrons. The zero-order valence-electron chi connectivity index (χ0n) is 12.2. The van der Waals surface area contributed by atoms with Crippen molar-refractivity contribution in [3.63, 3.8) is 0 Å². The normalized spacial score (nSPS) is 11.1. The Labute approximate surface area is 128 Å². The lowest BCUT2D eigenvalue weighted by Crippen LogP contribution is -2.34. The maximum absolute atomic E-state index is 12.6. The van der Waals surface area contributed by atoms with E-state index in [0.717, 1.165) is 32.0 Å². The van der Waals surface area contributed by atoms with Crippen LogP contribution in [-0.2, 0) is 0 Å². The first kappa shape index (κ1) is 12.8. The molecule has 0 aliphatic carbocycles. The molecule has 0 spiro atoms. The molecule has 0 N–H and O–H groups in total. The first-order chi connectivity index (χ1) is 10.7. The van der Waals surface area contributed by atoms with Gasteiger partial charge < -0.3 is 5.21 Å². The van der Waals surface area contributed by atoms with E-state index in [1.54, 1.807) is 0 Å². The summed E-state index contributed by atoms with van der Waals surface area (Å²) in [5.74, 6) is 0.445. The summed E-state index contributed by atoms with van der Waals surface area (Å²) in [4.78, 5) is 4.61. The summed E-state index contributed by atoms with van der Waals surface area (Å²) < 4.78 is 0.923. The molecule has 0 aliphatic heterocycles. The van der Waals surface area contributed by atoms with E-state index in [2.05, 4.69) is 17.1 Å². The van der Waals surface area contributed by atoms with E-state index in [-0.39, 0.29) is 0 Å². The smallest absolute Gasteiger partial charge is 0.334 e. The van der Waals surface area contributed by atoms with Gasteiger partial charge in [-0.3, -0.25) is 0 Å². The van der Waals surface area contributed by atoms with Crippen molar-refractivity contribution < 1.29 is 4.73 Å². The molecule has 3 aromatic carbocycles. The third-order valence-corrected chi connectivity index (χ3v) is 4.01. The second-order valence-corrected chi connectivity index (χ2v) is 5.40. The molecule has 0 atom stereocenters. The van der Waals surface area contributed by atoms with Crippen LogP contribution in [0, 0.1) is 12.1 Å². The molecule has 3 heteroatoms. The zero-order chi connectivity index (χ0) is 15.1. The molecular formula is C19H14N2O. The summed E-state index contributed by atoms with van der Waals surface area (Å²) in [5.41, 5.74) is 2.35. The van der Waals surface area contributed by atoms with Gasteiger partial charge in [0.25, 0.3) is 0 Å². The van der Waals surface area contributed by atoms with E-state index < -0.39 is 0 Å². The van der Waals surface area contributed by atoms with Crippen molar-refractivity contribution in [2.45, 2.75) is 6.92 Å². The van der Waals surface area contributed by atoms with Crippen LogP contribution in [0.25, 0.3) is 33.1 Å². The highest BCUT2D eigenvalue weighted by atomic mass is 16.5. The van der Waals surface area contributed by atoms with Crippen LogP contribution in [0.1, 0.15) is 5.69 Å². The molecule has 1 heterocycles. The van der Waals surface area contributed by atoms with Gasteiger partial charge in [-0.25, -0.2) is 4.73 Å². The number of nitrogens with zero attached hydrogens (tertiary/aromatic N) is 2. The number of benzene rings is 3. The monoisotopic (exact) mass is 286 g/mol. The van der Waals surface area contributed by atoms with Gasteiger partial charge in [-0.2, -0.15) is 0 Å². The van der Waals surface area contributed by atoms with E-state index >= 15 is 0 Å². The number of aromatic nitrogens is 2. The second-order valence-electron chi connectivity index (χ2n) is 5.40. The maximum atomic E-state index is 12.6. The van der Waals surface area contributed by atoms with Crippen molar-refractivity contribution in [1.82, 2.24) is 4.98 Å². The third-order valence-electron chi connectivity index (χ3n) is 4.01. The van der Waals surface area contributed by atoms with E-state index in [0.29, 0.717) is 11.5 Å². The number of fused-ring (bicyclic) bond motifs is 2. The average Bonchev–Trinajstić information content (AvgIpc) is 2.57. The van der Waals surface area contributed by atoms with Crippen LogP contribution in [0.3, 0.4) is 0 Å². The Bertz CT molecular complexity index is 994. The Morgan fingerprint density at radius 1 is 0.864 bits per heavy atom. The Balaban J connectivity index is 2.08. The fraction of sp³-hybridized carbons (Fsp3) is 0.0526. The average molecular weight is 286 g/mol. The van der Waals surface area contributed by atoms with E-state index in [1.165, 1.54) is 0 Å². The predicted octanol–water partition coefficient (Wildman–Crippen LogP) is 4.00. The van der Waals surface area contributed by atoms with Crippen molar-refractivity contribution in [2.24, 2.45) is 0 Å². The minimum absolute atomic E-state index is 0.445. The minimum atomic E-state index is 0.445. The number of aryl methyl sites for hydroxylation is 1. The molecule has 0 unspecified atom stereocenters. The summed E-state index contributed by atoms with van der Waals surface area (Å²) in [6.07, 6.45) is 0. The van der Waals surface area contributed by atoms with Crippen LogP contribution in [0.5, 0.6) is 0 Å². The van der Waals surface area contributed by atoms with Crippen molar-refractivity contribution in [1.29, 1.82) is 0 Å². The molecule has 0 saturated heterocycles. The maximum Gasteiger partial charge on any atom is 0.334 e. The van der Waals surface area contributed by atoms with Gasteiger partial charge in [0.05, 0.1) is 10.9 Å². The van der Waals surface area contributed by atoms with Gasteiger partial charge in [-0.05, 0) is 46.9 Å². The number of hydrogen-bond acceptors (Lipinski definition) is 2. The largest absolute Gasteiger partial charge is 0.710 e. The molecule has 0 amide bonds. The molecule has 0 saturated carbocycles. The fourth-order valence-corrected chi connectivity index (χ4v) is 2.81. The van der Waals surface area contributed by atoms with Crippen molar-refractivity contribution in [3.05, 3.63) is 77.6 Å². The van der Waals surface area contributed by atoms with Crippen molar-refractivity contribution in [3.8, 4) is 11.4 Å². The lowest BCUT2D eigenvalue weighted by atomic mass is 10.1. The quantitative estimate of drug-likeness (QED) is 0.301. The molecule has 4 rings (SSSR count). The summed E-state index contributed by atoms with van der Waals surface area (Å²) >= 11 is 0. The van der Waals surface area contributed by atoms with Crippen LogP contribution in [0.2, 0.25) is 0 Å². The first-order valence-corrected chi connectivity index (χ1v) is 7.22. The molecule has 22 heavy (non-hydrogen) atoms. The van der Waals surface area contributed by atoms with Gasteiger partial charge in [0.2, 0.25) is 0 Å². The van der Waals surface area contributed by atoms with Gasteiger partial charge in [0.15, 0.2) is 5.52 Å². The molecule has 4 aromatic rings. The topological polar surface area (TPSA) is 39.8 Å². The Morgan fingerprint density at radius 3 is 2.23 bits per heavy atom. The zero-order valence-corrected chi connectivity index (χ0v) is 12.2. The SMILES string of the molecule is Cc1c2cc3ccccc3cc2nc(-c2ccccc2)[n+]1[O-]. The Morgan fingerprint density at radius 2 is 1.50 bits per heavy atom. The van der Waals surface area contributed by atoms with Crippen LogP contribution in [0.4, 0.5) is 0 Å². The fourth-order valence-electron chi connectivity index (χ4n) is 2.81. The highest BCUT2D eigenvalue weighted by Crippen LogP contribution is 2.24. The summed E-state index contributed by atoms with van der Waals surface area (Å²) in [6.45, 7) is 1.85. The van der Waals surface area contributed by atoms with E-state index in [9.17, 15) is 5.21 Å². The van der Waals surface area contributed by atoms with E-state index in [4.69, 9.17) is 0 Å². The van der Waals surface area contributed by atoms with Crippen molar-refractivity contribution in [2.75, 3.05) is 0 Å². The molecule has 0 aliphatic rings. The minimum Gasteiger partial charge on any atom is -0.710 e. The van der Waals surface area contributed by atoms with Crippen LogP contribution in [0.15, 0.2) is 66.7 Å². The third kappa shape index (κ3) is 1.91. The lowest BCUT2D eigenvalue weighted by molar-refractivity contribution is -0.601. The standard InChI is InChI=1S/C19H14N2O/c1-13-17-11-15-9-5-6-10-16(15)12-18(17)20-19(21(13)22)14-7-3-2-4-8-14/h2-12H,1H3. The Kier molecular flexibility index (Phi) is 2.79. The first-order valence-electron chi connectivity index (χ1n) is 7.22. The van der Waals surface area contributed by atoms with Crippen LogP contribution < -0.4 is 4.73 Å². The van der Waals surface area contributed by atoms with Crippen LogP contribution >= 0.6 is 0 Å². The molecule has 0 fully saturated rings. The van der Waals surface area contributed by atoms with Gasteiger partial charge in [-0.15, -0.1) is 0 Å². The number of hydrogen-bond donors (Lipinski definition) is 0. The van der Waals surface area contributed by atoms with Gasteiger partial charge in [-0.1, -0.05) is 42.5 Å². The van der Waals surface area contributed by atoms with Crippen LogP contribution in [-0.4, -0.2) is 4.98 Å². The Hall–Kier alpha value is -2.94. The van der Waals surface area contributed by atoms with Gasteiger partial charge in [0, 0.05) is 0 Å². The molecular weight excluding hydrogens is 272 g/mol. The summed E-state index contributed by atoms with van der Waals surface area (Å²) in [6, 6.07) is 21.8. The summed E-state index contributed by atoms with van der Waals surface area (Å²) in [5, 5.41) is 15.7. The molecule has 0 bridgehead atoms. The molecule has 1 aromatic heterocycles. The lowest BCUT2D eigenvalue weighted by Gasteiger charge is -2.12. The molecule has 3 nitrogen and oxygen atoms in total. The highest BCUT2D eigenvalue weighted by molar-refractivity contribution is 5.97. The van der Waals surface area contributed by atoms with Gasteiger partial charge in [0.1, 0.15) is 5.69 Å².